The summed E-state index contributed by atoms with van der Waals surface area (Å²) in [5.41, 5.74) is 2.18. The van der Waals surface area contributed by atoms with Gasteiger partial charge in [-0.25, -0.2) is 9.78 Å². The number of rotatable bonds is 6. The number of ether oxygens (including phenoxy) is 1. The summed E-state index contributed by atoms with van der Waals surface area (Å²) >= 11 is 0. The molecular formula is C23H23N3O5. The molecule has 1 atom stereocenters. The molecule has 8 heteroatoms. The maximum Gasteiger partial charge on any atom is 0.338 e. The average molecular weight is 421 g/mol. The molecule has 0 aliphatic rings. The predicted octanol–water partition coefficient (Wildman–Crippen LogP) is 3.11. The zero-order chi connectivity index (χ0) is 22.7. The molecular weight excluding hydrogens is 398 g/mol. The van der Waals surface area contributed by atoms with Gasteiger partial charge in [-0.3, -0.25) is 14.4 Å². The van der Waals surface area contributed by atoms with E-state index in [0.29, 0.717) is 34.5 Å². The normalized spacial score (nSPS) is 11.7. The number of ketones is 1. The SMILES string of the molecule is CCn1c(=O)c(C)nc2cc(C(=O)O[C@H](C)C(=O)Nc3ccccc3C(C)=O)ccc21. The van der Waals surface area contributed by atoms with Gasteiger partial charge in [0.15, 0.2) is 11.9 Å². The molecule has 0 aliphatic heterocycles. The topological polar surface area (TPSA) is 107 Å². The number of nitrogens with zero attached hydrogens (tertiary/aromatic N) is 2. The van der Waals surface area contributed by atoms with Crippen LogP contribution in [0, 0.1) is 6.92 Å². The second-order valence-electron chi connectivity index (χ2n) is 7.09. The minimum absolute atomic E-state index is 0.179. The number of carbonyl (C=O) groups excluding carboxylic acids is 3. The van der Waals surface area contributed by atoms with Crippen molar-refractivity contribution in [3.05, 3.63) is 69.6 Å². The van der Waals surface area contributed by atoms with Gasteiger partial charge in [0.05, 0.1) is 22.3 Å². The van der Waals surface area contributed by atoms with Crippen LogP contribution in [-0.2, 0) is 16.1 Å². The molecule has 0 fully saturated rings. The van der Waals surface area contributed by atoms with Crippen LogP contribution in [0.25, 0.3) is 11.0 Å². The standard InChI is InChI=1S/C23H23N3O5/c1-5-26-20-11-10-16(12-19(20)24-13(2)22(26)29)23(30)31-15(4)21(28)25-18-9-7-6-8-17(18)14(3)27/h6-12,15H,5H2,1-4H3,(H,25,28)/t15-/m1/s1. The lowest BCUT2D eigenvalue weighted by molar-refractivity contribution is -0.123. The van der Waals surface area contributed by atoms with Gasteiger partial charge >= 0.3 is 5.97 Å². The largest absolute Gasteiger partial charge is 0.449 e. The Hall–Kier alpha value is -3.81. The van der Waals surface area contributed by atoms with Gasteiger partial charge in [0.2, 0.25) is 0 Å². The first-order valence-electron chi connectivity index (χ1n) is 9.86. The Morgan fingerprint density at radius 1 is 1.16 bits per heavy atom. The van der Waals surface area contributed by atoms with E-state index in [2.05, 4.69) is 10.3 Å². The predicted molar refractivity (Wildman–Crippen MR) is 116 cm³/mol. The number of hydrogen-bond donors (Lipinski definition) is 1. The van der Waals surface area contributed by atoms with Crippen molar-refractivity contribution in [2.75, 3.05) is 5.32 Å². The van der Waals surface area contributed by atoms with Crippen LogP contribution in [0.3, 0.4) is 0 Å². The molecule has 0 spiro atoms. The van der Waals surface area contributed by atoms with Crippen molar-refractivity contribution in [3.8, 4) is 0 Å². The van der Waals surface area contributed by atoms with Crippen LogP contribution in [0.1, 0.15) is 47.2 Å². The van der Waals surface area contributed by atoms with E-state index in [9.17, 15) is 19.2 Å². The van der Waals surface area contributed by atoms with Gasteiger partial charge in [0.25, 0.3) is 11.5 Å². The number of esters is 1. The Labute approximate surface area is 178 Å². The second-order valence-corrected chi connectivity index (χ2v) is 7.09. The number of amides is 1. The highest BCUT2D eigenvalue weighted by Gasteiger charge is 2.21. The van der Waals surface area contributed by atoms with E-state index < -0.39 is 18.0 Å². The molecule has 2 aromatic carbocycles. The number of anilines is 1. The summed E-state index contributed by atoms with van der Waals surface area (Å²) in [6, 6.07) is 11.3. The lowest BCUT2D eigenvalue weighted by atomic mass is 10.1. The summed E-state index contributed by atoms with van der Waals surface area (Å²) < 4.78 is 6.88. The Balaban J connectivity index is 1.79. The van der Waals surface area contributed by atoms with Gasteiger partial charge in [-0.05, 0) is 58.0 Å². The highest BCUT2D eigenvalue weighted by atomic mass is 16.5. The highest BCUT2D eigenvalue weighted by molar-refractivity contribution is 6.05. The van der Waals surface area contributed by atoms with Crippen molar-refractivity contribution in [3.63, 3.8) is 0 Å². The molecule has 3 rings (SSSR count). The van der Waals surface area contributed by atoms with Crippen LogP contribution in [-0.4, -0.2) is 33.3 Å². The molecule has 1 N–H and O–H groups in total. The van der Waals surface area contributed by atoms with Crippen LogP contribution in [0.5, 0.6) is 0 Å². The number of nitrogens with one attached hydrogen (secondary N) is 1. The summed E-state index contributed by atoms with van der Waals surface area (Å²) in [5, 5.41) is 2.62. The average Bonchev–Trinajstić information content (AvgIpc) is 2.74. The Bertz CT molecular complexity index is 1250. The van der Waals surface area contributed by atoms with Crippen molar-refractivity contribution < 1.29 is 19.1 Å². The number of fused-ring (bicyclic) bond motifs is 1. The van der Waals surface area contributed by atoms with Gasteiger partial charge in [-0.1, -0.05) is 12.1 Å². The Morgan fingerprint density at radius 2 is 1.87 bits per heavy atom. The fourth-order valence-electron chi connectivity index (χ4n) is 3.23. The number of para-hydroxylation sites is 1. The molecule has 0 saturated heterocycles. The molecule has 3 aromatic rings. The summed E-state index contributed by atoms with van der Waals surface area (Å²) in [5.74, 6) is -1.44. The number of Topliss-reactive ketones (excluding diaryl/α,β-unsaturated/α-hetero) is 1. The van der Waals surface area contributed by atoms with E-state index in [0.717, 1.165) is 0 Å². The minimum Gasteiger partial charge on any atom is -0.449 e. The summed E-state index contributed by atoms with van der Waals surface area (Å²) in [4.78, 5) is 53.3. The van der Waals surface area contributed by atoms with Crippen molar-refractivity contribution in [1.29, 1.82) is 0 Å². The molecule has 31 heavy (non-hydrogen) atoms. The number of aromatic nitrogens is 2. The maximum absolute atomic E-state index is 12.6. The van der Waals surface area contributed by atoms with E-state index in [1.165, 1.54) is 26.0 Å². The van der Waals surface area contributed by atoms with E-state index in [1.807, 2.05) is 6.92 Å². The quantitative estimate of drug-likeness (QED) is 0.484. The molecule has 1 heterocycles. The lowest BCUT2D eigenvalue weighted by Gasteiger charge is -2.15. The van der Waals surface area contributed by atoms with E-state index in [4.69, 9.17) is 4.74 Å². The number of carbonyl (C=O) groups is 3. The number of benzene rings is 2. The molecule has 0 aliphatic carbocycles. The summed E-state index contributed by atoms with van der Waals surface area (Å²) in [6.07, 6.45) is -1.09. The van der Waals surface area contributed by atoms with E-state index in [-0.39, 0.29) is 16.9 Å². The Kier molecular flexibility index (Phi) is 6.29. The molecule has 0 radical (unpaired) electrons. The molecule has 160 valence electrons. The first kappa shape index (κ1) is 21.9. The van der Waals surface area contributed by atoms with Gasteiger partial charge in [0, 0.05) is 12.1 Å². The molecule has 0 bridgehead atoms. The van der Waals surface area contributed by atoms with Crippen molar-refractivity contribution >= 4 is 34.4 Å². The fourth-order valence-corrected chi connectivity index (χ4v) is 3.23. The monoisotopic (exact) mass is 421 g/mol. The van der Waals surface area contributed by atoms with Gasteiger partial charge < -0.3 is 14.6 Å². The van der Waals surface area contributed by atoms with Crippen molar-refractivity contribution in [1.82, 2.24) is 9.55 Å². The van der Waals surface area contributed by atoms with Crippen LogP contribution in [0.15, 0.2) is 47.3 Å². The minimum atomic E-state index is -1.09. The summed E-state index contributed by atoms with van der Waals surface area (Å²) in [6.45, 7) is 6.79. The van der Waals surface area contributed by atoms with Gasteiger partial charge in [0.1, 0.15) is 5.69 Å². The maximum atomic E-state index is 12.6. The van der Waals surface area contributed by atoms with Crippen LogP contribution in [0.2, 0.25) is 0 Å². The van der Waals surface area contributed by atoms with Crippen LogP contribution < -0.4 is 10.9 Å². The third-order valence-electron chi connectivity index (χ3n) is 4.88. The molecule has 1 amide bonds. The third-order valence-corrected chi connectivity index (χ3v) is 4.88. The molecule has 0 unspecified atom stereocenters. The third kappa shape index (κ3) is 4.53. The smallest absolute Gasteiger partial charge is 0.338 e. The Morgan fingerprint density at radius 3 is 2.55 bits per heavy atom. The molecule has 0 saturated carbocycles. The van der Waals surface area contributed by atoms with E-state index in [1.54, 1.807) is 41.8 Å². The van der Waals surface area contributed by atoms with Gasteiger partial charge in [-0.2, -0.15) is 0 Å². The highest BCUT2D eigenvalue weighted by Crippen LogP contribution is 2.18. The summed E-state index contributed by atoms with van der Waals surface area (Å²) in [7, 11) is 0. The number of hydrogen-bond acceptors (Lipinski definition) is 6. The molecule has 8 nitrogen and oxygen atoms in total. The zero-order valence-electron chi connectivity index (χ0n) is 17.8. The van der Waals surface area contributed by atoms with Gasteiger partial charge in [-0.15, -0.1) is 0 Å². The first-order valence-corrected chi connectivity index (χ1v) is 9.86. The van der Waals surface area contributed by atoms with E-state index >= 15 is 0 Å². The second kappa shape index (κ2) is 8.91. The molecule has 1 aromatic heterocycles. The number of aryl methyl sites for hydroxylation is 2. The van der Waals surface area contributed by atoms with Crippen LogP contribution in [0.4, 0.5) is 5.69 Å². The van der Waals surface area contributed by atoms with Crippen molar-refractivity contribution in [2.24, 2.45) is 0 Å². The fraction of sp³-hybridized carbons (Fsp3) is 0.261. The first-order chi connectivity index (χ1) is 14.7. The van der Waals surface area contributed by atoms with Crippen molar-refractivity contribution in [2.45, 2.75) is 40.3 Å². The van der Waals surface area contributed by atoms with Crippen LogP contribution >= 0.6 is 0 Å². The zero-order valence-corrected chi connectivity index (χ0v) is 17.8. The lowest BCUT2D eigenvalue weighted by Crippen LogP contribution is -2.30.